The van der Waals surface area contributed by atoms with Crippen LogP contribution in [0.5, 0.6) is 11.6 Å². The fourth-order valence-electron chi connectivity index (χ4n) is 4.22. The summed E-state index contributed by atoms with van der Waals surface area (Å²) in [6, 6.07) is 11.6. The van der Waals surface area contributed by atoms with E-state index in [1.807, 2.05) is 0 Å². The number of hydrogen-bond donors (Lipinski definition) is 0. The molecule has 2 aromatic heterocycles. The molecule has 0 N–H and O–H groups in total. The molecule has 0 bridgehead atoms. The number of aryl methyl sites for hydroxylation is 1. The molecule has 3 heterocycles. The van der Waals surface area contributed by atoms with E-state index in [2.05, 4.69) is 15.2 Å². The SMILES string of the molecule is O=S(=O)(c1ccc(Cl)cc1)N1CCCc2cc(F)c(Oc3cc(-c4nnc(C5CC5)o4)cc(Cl)n3)cc21. The highest BCUT2D eigenvalue weighted by atomic mass is 35.5. The number of ether oxygens (including phenoxy) is 1. The molecule has 6 rings (SSSR count). The zero-order chi connectivity index (χ0) is 25.7. The lowest BCUT2D eigenvalue weighted by molar-refractivity contribution is 0.426. The summed E-state index contributed by atoms with van der Waals surface area (Å²) in [5.74, 6) is 0.250. The van der Waals surface area contributed by atoms with Crippen molar-refractivity contribution in [3.05, 3.63) is 76.0 Å². The topological polar surface area (TPSA) is 98.4 Å². The first-order valence-corrected chi connectivity index (χ1v) is 13.8. The second-order valence-corrected chi connectivity index (χ2v) is 11.6. The van der Waals surface area contributed by atoms with Crippen LogP contribution in [0, 0.1) is 5.82 Å². The lowest BCUT2D eigenvalue weighted by Gasteiger charge is -2.31. The zero-order valence-electron chi connectivity index (χ0n) is 19.2. The van der Waals surface area contributed by atoms with Crippen molar-refractivity contribution < 1.29 is 22.0 Å². The van der Waals surface area contributed by atoms with Crippen molar-refractivity contribution in [1.82, 2.24) is 15.2 Å². The molecule has 0 atom stereocenters. The van der Waals surface area contributed by atoms with E-state index in [1.165, 1.54) is 46.8 Å². The highest BCUT2D eigenvalue weighted by Gasteiger charge is 2.31. The molecular formula is C25H19Cl2FN4O4S. The van der Waals surface area contributed by atoms with E-state index in [0.29, 0.717) is 40.6 Å². The Morgan fingerprint density at radius 3 is 2.59 bits per heavy atom. The maximum atomic E-state index is 15.1. The summed E-state index contributed by atoms with van der Waals surface area (Å²) < 4.78 is 54.7. The van der Waals surface area contributed by atoms with E-state index < -0.39 is 15.8 Å². The molecule has 0 unspecified atom stereocenters. The van der Waals surface area contributed by atoms with E-state index in [0.717, 1.165) is 12.8 Å². The third-order valence-electron chi connectivity index (χ3n) is 6.21. The van der Waals surface area contributed by atoms with Gasteiger partial charge in [-0.25, -0.2) is 17.8 Å². The molecule has 4 aromatic rings. The smallest absolute Gasteiger partial charge is 0.264 e. The van der Waals surface area contributed by atoms with Crippen molar-refractivity contribution in [2.24, 2.45) is 0 Å². The first kappa shape index (κ1) is 24.1. The van der Waals surface area contributed by atoms with Crippen molar-refractivity contribution >= 4 is 38.9 Å². The van der Waals surface area contributed by atoms with Gasteiger partial charge in [0.25, 0.3) is 10.0 Å². The number of pyridine rings is 1. The lowest BCUT2D eigenvalue weighted by atomic mass is 10.0. The van der Waals surface area contributed by atoms with Crippen LogP contribution in [0.1, 0.15) is 36.6 Å². The number of anilines is 1. The zero-order valence-corrected chi connectivity index (χ0v) is 21.5. The Morgan fingerprint density at radius 1 is 1.05 bits per heavy atom. The third-order valence-corrected chi connectivity index (χ3v) is 8.48. The minimum atomic E-state index is -3.91. The number of sulfonamides is 1. The first-order chi connectivity index (χ1) is 17.8. The molecule has 0 radical (unpaired) electrons. The van der Waals surface area contributed by atoms with Crippen LogP contribution >= 0.6 is 23.2 Å². The molecule has 2 aromatic carbocycles. The summed E-state index contributed by atoms with van der Waals surface area (Å²) in [5.41, 5.74) is 1.37. The predicted molar refractivity (Wildman–Crippen MR) is 135 cm³/mol. The Morgan fingerprint density at radius 2 is 1.84 bits per heavy atom. The van der Waals surface area contributed by atoms with Gasteiger partial charge in [0, 0.05) is 35.2 Å². The Balaban J connectivity index is 1.34. The van der Waals surface area contributed by atoms with Crippen molar-refractivity contribution in [2.45, 2.75) is 36.5 Å². The lowest BCUT2D eigenvalue weighted by Crippen LogP contribution is -2.35. The molecule has 2 aliphatic rings. The first-order valence-electron chi connectivity index (χ1n) is 11.6. The maximum absolute atomic E-state index is 15.1. The molecule has 1 saturated carbocycles. The van der Waals surface area contributed by atoms with E-state index >= 15 is 4.39 Å². The molecule has 8 nitrogen and oxygen atoms in total. The number of rotatable bonds is 6. The van der Waals surface area contributed by atoms with Gasteiger partial charge in [-0.3, -0.25) is 4.31 Å². The molecule has 0 amide bonds. The number of nitrogens with zero attached hydrogens (tertiary/aromatic N) is 4. The average Bonchev–Trinajstić information content (AvgIpc) is 3.60. The van der Waals surface area contributed by atoms with Gasteiger partial charge in [-0.05, 0) is 67.6 Å². The third kappa shape index (κ3) is 4.76. The fraction of sp³-hybridized carbons (Fsp3) is 0.240. The Kier molecular flexibility index (Phi) is 6.05. The number of halogens is 3. The second kappa shape index (κ2) is 9.27. The highest BCUT2D eigenvalue weighted by Crippen LogP contribution is 2.41. The van der Waals surface area contributed by atoms with Gasteiger partial charge in [0.15, 0.2) is 11.6 Å². The van der Waals surface area contributed by atoms with Gasteiger partial charge in [-0.15, -0.1) is 10.2 Å². The number of fused-ring (bicyclic) bond motifs is 1. The van der Waals surface area contributed by atoms with Crippen LogP contribution < -0.4 is 9.04 Å². The summed E-state index contributed by atoms with van der Waals surface area (Å²) >= 11 is 12.1. The maximum Gasteiger partial charge on any atom is 0.264 e. The number of hydrogen-bond acceptors (Lipinski definition) is 7. The van der Waals surface area contributed by atoms with Crippen LogP contribution in [0.15, 0.2) is 57.8 Å². The largest absolute Gasteiger partial charge is 0.436 e. The summed E-state index contributed by atoms with van der Waals surface area (Å²) in [7, 11) is -3.91. The quantitative estimate of drug-likeness (QED) is 0.252. The molecule has 37 heavy (non-hydrogen) atoms. The molecular weight excluding hydrogens is 542 g/mol. The molecule has 12 heteroatoms. The minimum Gasteiger partial charge on any atom is -0.436 e. The number of benzene rings is 2. The predicted octanol–water partition coefficient (Wildman–Crippen LogP) is 6.39. The van der Waals surface area contributed by atoms with Crippen LogP contribution in [0.25, 0.3) is 11.5 Å². The van der Waals surface area contributed by atoms with Gasteiger partial charge in [0.05, 0.1) is 10.6 Å². The van der Waals surface area contributed by atoms with E-state index in [4.69, 9.17) is 32.4 Å². The van der Waals surface area contributed by atoms with Gasteiger partial charge in [0.1, 0.15) is 5.15 Å². The minimum absolute atomic E-state index is 0.00422. The van der Waals surface area contributed by atoms with Crippen molar-refractivity contribution in [1.29, 1.82) is 0 Å². The van der Waals surface area contributed by atoms with Crippen LogP contribution in [-0.2, 0) is 16.4 Å². The summed E-state index contributed by atoms with van der Waals surface area (Å²) in [5, 5.41) is 8.65. The highest BCUT2D eigenvalue weighted by molar-refractivity contribution is 7.92. The Bertz CT molecular complexity index is 1610. The average molecular weight is 561 g/mol. The van der Waals surface area contributed by atoms with E-state index in [9.17, 15) is 8.42 Å². The van der Waals surface area contributed by atoms with E-state index in [-0.39, 0.29) is 40.0 Å². The normalized spacial score (nSPS) is 15.5. The number of aromatic nitrogens is 3. The molecule has 0 saturated heterocycles. The Labute approximate surface area is 222 Å². The molecule has 1 fully saturated rings. The Hall–Kier alpha value is -3.21. The van der Waals surface area contributed by atoms with Crippen LogP contribution in [0.2, 0.25) is 10.2 Å². The summed E-state index contributed by atoms with van der Waals surface area (Å²) in [6.45, 7) is 0.239. The molecule has 1 aliphatic heterocycles. The van der Waals surface area contributed by atoms with Crippen LogP contribution in [-0.4, -0.2) is 30.1 Å². The standard InChI is InChI=1S/C25H19Cl2FN4O4S/c26-17-5-7-18(8-6-17)37(33,34)32-9-1-2-15-10-19(28)21(13-20(15)32)35-23-12-16(11-22(27)29-23)25-31-30-24(36-25)14-3-4-14/h5-8,10-14H,1-4,9H2. The van der Waals surface area contributed by atoms with Crippen LogP contribution in [0.3, 0.4) is 0 Å². The van der Waals surface area contributed by atoms with Crippen molar-refractivity contribution in [3.8, 4) is 23.1 Å². The summed E-state index contributed by atoms with van der Waals surface area (Å²) in [6.07, 6.45) is 3.09. The molecule has 1 aliphatic carbocycles. The van der Waals surface area contributed by atoms with Gasteiger partial charge < -0.3 is 9.15 Å². The van der Waals surface area contributed by atoms with Crippen LogP contribution in [0.4, 0.5) is 10.1 Å². The monoisotopic (exact) mass is 560 g/mol. The van der Waals surface area contributed by atoms with Gasteiger partial charge >= 0.3 is 0 Å². The second-order valence-electron chi connectivity index (χ2n) is 8.88. The molecule has 190 valence electrons. The van der Waals surface area contributed by atoms with E-state index in [1.54, 1.807) is 6.07 Å². The van der Waals surface area contributed by atoms with Gasteiger partial charge in [-0.2, -0.15) is 0 Å². The van der Waals surface area contributed by atoms with Gasteiger partial charge in [-0.1, -0.05) is 23.2 Å². The summed E-state index contributed by atoms with van der Waals surface area (Å²) in [4.78, 5) is 4.21. The fourth-order valence-corrected chi connectivity index (χ4v) is 6.08. The van der Waals surface area contributed by atoms with Crippen molar-refractivity contribution in [2.75, 3.05) is 10.8 Å². The van der Waals surface area contributed by atoms with Gasteiger partial charge in [0.2, 0.25) is 17.7 Å². The molecule has 0 spiro atoms. The van der Waals surface area contributed by atoms with Crippen molar-refractivity contribution in [3.63, 3.8) is 0 Å².